The zero-order valence-corrected chi connectivity index (χ0v) is 56.3. The van der Waals surface area contributed by atoms with E-state index in [0.717, 1.165) is 126 Å². The topological polar surface area (TPSA) is 125 Å². The van der Waals surface area contributed by atoms with Gasteiger partial charge in [0.15, 0.2) is 17.5 Å². The van der Waals surface area contributed by atoms with Crippen molar-refractivity contribution in [3.63, 3.8) is 0 Å². The standard InChI is InChI=1S/C25H34ClN3O2.C24H32ClN3O2.C24H30F3N3O/c1-4-8-19(2)28-15-13-21(14-16-28)29(18-20-9-6-5-7-10-20)25(30)27-24-17-22(31-3)11-12-23(24)26;1-3-4-14-27-15-12-21(13-16-27)28(18-19-8-6-5-7-9-19)24(29)26-20-10-11-23(30-2)22(25)17-20;1-3-7-17(2)29-14-12-19(13-15-29)30(16-18-8-5-4-6-9-18)24(31)28-21-11-10-20(25)22(26)23(21)27/h5-7,9-12,17,19,21H,4,8,13-16,18H2,1-3H3,(H,27,30);5-11,17,21H,3-4,12-16,18H2,1-2H3,(H,26,29);4-6,8-11,17,19H,3,7,12-16H2,1-2H3,(H,28,31). The molecule has 6 aromatic rings. The number of unbranched alkanes of at least 4 members (excludes halogenated alkanes) is 1. The van der Waals surface area contributed by atoms with Crippen molar-refractivity contribution < 1.29 is 37.0 Å². The molecule has 0 aromatic heterocycles. The fourth-order valence-electron chi connectivity index (χ4n) is 12.4. The highest BCUT2D eigenvalue weighted by Crippen LogP contribution is 2.32. The third kappa shape index (κ3) is 21.8. The van der Waals surface area contributed by atoms with E-state index < -0.39 is 23.5 Å². The summed E-state index contributed by atoms with van der Waals surface area (Å²) in [5.41, 5.74) is 4.08. The Kier molecular flexibility index (Phi) is 29.6. The number of hydrogen-bond acceptors (Lipinski definition) is 8. The number of anilines is 3. The van der Waals surface area contributed by atoms with E-state index in [1.165, 1.54) is 25.7 Å². The average molecular weight is 1310 g/mol. The summed E-state index contributed by atoms with van der Waals surface area (Å²) in [6.45, 7) is 19.7. The first-order valence-electron chi connectivity index (χ1n) is 32.9. The summed E-state index contributed by atoms with van der Waals surface area (Å²) in [7, 11) is 3.18. The van der Waals surface area contributed by atoms with E-state index in [2.05, 4.69) is 89.5 Å². The number of benzene rings is 6. The van der Waals surface area contributed by atoms with E-state index in [1.807, 2.05) is 82.6 Å². The number of nitrogens with zero attached hydrogens (tertiary/aromatic N) is 6. The minimum atomic E-state index is -1.59. The van der Waals surface area contributed by atoms with Crippen molar-refractivity contribution in [2.75, 3.05) is 76.0 Å². The summed E-state index contributed by atoms with van der Waals surface area (Å²) in [5, 5.41) is 9.47. The smallest absolute Gasteiger partial charge is 0.322 e. The third-order valence-corrected chi connectivity index (χ3v) is 18.5. The molecular formula is C73H96Cl2F3N9O5. The lowest BCUT2D eigenvalue weighted by Gasteiger charge is -2.40. The van der Waals surface area contributed by atoms with Gasteiger partial charge >= 0.3 is 18.1 Å². The zero-order chi connectivity index (χ0) is 65.9. The number of hydrogen-bond donors (Lipinski definition) is 3. The van der Waals surface area contributed by atoms with Crippen LogP contribution in [0.25, 0.3) is 0 Å². The number of amides is 6. The molecule has 3 heterocycles. The number of halogens is 5. The first kappa shape index (κ1) is 72.4. The number of ether oxygens (including phenoxy) is 2. The number of methoxy groups -OCH3 is 2. The van der Waals surface area contributed by atoms with Gasteiger partial charge < -0.3 is 54.8 Å². The number of carbonyl (C=O) groups excluding carboxylic acids is 3. The van der Waals surface area contributed by atoms with Gasteiger partial charge in [-0.2, -0.15) is 0 Å². The Hall–Kier alpha value is -7.02. The molecule has 0 saturated carbocycles. The van der Waals surface area contributed by atoms with Gasteiger partial charge in [-0.3, -0.25) is 0 Å². The molecule has 3 fully saturated rings. The van der Waals surface area contributed by atoms with Crippen LogP contribution in [-0.4, -0.2) is 138 Å². The van der Waals surface area contributed by atoms with Crippen LogP contribution in [0.4, 0.5) is 44.6 Å². The normalized spacial score (nSPS) is 15.7. The number of piperidine rings is 3. The Balaban J connectivity index is 0.000000196. The van der Waals surface area contributed by atoms with Gasteiger partial charge in [0, 0.05) is 101 Å². The van der Waals surface area contributed by atoms with Crippen LogP contribution in [-0.2, 0) is 19.6 Å². The maximum absolute atomic E-state index is 14.1. The molecule has 92 heavy (non-hydrogen) atoms. The fourth-order valence-corrected chi connectivity index (χ4v) is 12.8. The lowest BCUT2D eigenvalue weighted by atomic mass is 10.00. The van der Waals surface area contributed by atoms with Gasteiger partial charge in [0.05, 0.1) is 35.6 Å². The van der Waals surface area contributed by atoms with Gasteiger partial charge in [-0.05, 0) is 137 Å². The lowest BCUT2D eigenvalue weighted by molar-refractivity contribution is 0.0987. The van der Waals surface area contributed by atoms with Gasteiger partial charge in [-0.1, -0.05) is 154 Å². The molecule has 0 spiro atoms. The lowest BCUT2D eigenvalue weighted by Crippen LogP contribution is -2.50. The maximum atomic E-state index is 14.1. The quantitative estimate of drug-likeness (QED) is 0.0542. The van der Waals surface area contributed by atoms with Crippen LogP contribution >= 0.6 is 23.2 Å². The van der Waals surface area contributed by atoms with E-state index in [0.29, 0.717) is 64.6 Å². The Morgan fingerprint density at radius 1 is 0.511 bits per heavy atom. The van der Waals surface area contributed by atoms with Crippen molar-refractivity contribution in [2.24, 2.45) is 0 Å². The largest absolute Gasteiger partial charge is 0.497 e. The molecular weight excluding hydrogens is 1210 g/mol. The van der Waals surface area contributed by atoms with Crippen molar-refractivity contribution in [3.05, 3.63) is 184 Å². The molecule has 0 aliphatic carbocycles. The van der Waals surface area contributed by atoms with E-state index in [9.17, 15) is 27.6 Å². The van der Waals surface area contributed by atoms with E-state index in [-0.39, 0.29) is 35.9 Å². The highest BCUT2D eigenvalue weighted by molar-refractivity contribution is 6.33. The molecule has 6 amide bonds. The minimum Gasteiger partial charge on any atom is -0.497 e. The van der Waals surface area contributed by atoms with Gasteiger partial charge in [0.1, 0.15) is 11.5 Å². The third-order valence-electron chi connectivity index (χ3n) is 17.8. The van der Waals surface area contributed by atoms with Crippen LogP contribution in [0.2, 0.25) is 10.0 Å². The van der Waals surface area contributed by atoms with Gasteiger partial charge in [-0.25, -0.2) is 27.6 Å². The first-order valence-corrected chi connectivity index (χ1v) is 33.6. The number of rotatable bonds is 23. The van der Waals surface area contributed by atoms with Crippen LogP contribution in [0, 0.1) is 17.5 Å². The second-order valence-electron chi connectivity index (χ2n) is 24.3. The molecule has 19 heteroatoms. The predicted molar refractivity (Wildman–Crippen MR) is 368 cm³/mol. The van der Waals surface area contributed by atoms with Crippen molar-refractivity contribution in [1.29, 1.82) is 0 Å². The summed E-state index contributed by atoms with van der Waals surface area (Å²) < 4.78 is 51.5. The second kappa shape index (κ2) is 37.6. The highest BCUT2D eigenvalue weighted by Gasteiger charge is 2.33. The monoisotopic (exact) mass is 1310 g/mol. The molecule has 14 nitrogen and oxygen atoms in total. The Labute approximate surface area is 554 Å². The molecule has 6 aromatic carbocycles. The Bertz CT molecular complexity index is 3190. The highest BCUT2D eigenvalue weighted by atomic mass is 35.5. The van der Waals surface area contributed by atoms with Crippen molar-refractivity contribution in [2.45, 2.75) is 162 Å². The molecule has 0 bridgehead atoms. The molecule has 0 radical (unpaired) electrons. The second-order valence-corrected chi connectivity index (χ2v) is 25.1. The van der Waals surface area contributed by atoms with Crippen LogP contribution in [0.15, 0.2) is 140 Å². The Morgan fingerprint density at radius 3 is 1.38 bits per heavy atom. The number of nitrogens with one attached hydrogen (secondary N) is 3. The summed E-state index contributed by atoms with van der Waals surface area (Å²) >= 11 is 12.6. The Morgan fingerprint density at radius 2 is 0.957 bits per heavy atom. The van der Waals surface area contributed by atoms with Gasteiger partial charge in [-0.15, -0.1) is 0 Å². The number of carbonyl (C=O) groups is 3. The van der Waals surface area contributed by atoms with Crippen LogP contribution < -0.4 is 25.4 Å². The molecule has 9 rings (SSSR count). The van der Waals surface area contributed by atoms with Gasteiger partial charge in [0.2, 0.25) is 0 Å². The molecule has 3 N–H and O–H groups in total. The molecule has 2 atom stereocenters. The first-order chi connectivity index (χ1) is 44.5. The van der Waals surface area contributed by atoms with Gasteiger partial charge in [0.25, 0.3) is 0 Å². The minimum absolute atomic E-state index is 0.0290. The SMILES string of the molecule is CCCC(C)N1CCC(N(Cc2ccccc2)C(=O)Nc2cc(OC)ccc2Cl)CC1.CCCC(C)N1CCC(N(Cc2ccccc2)C(=O)Nc2ccc(F)c(F)c2F)CC1.CCCCN1CCC(N(Cc2ccccc2)C(=O)Nc2ccc(OC)c(Cl)c2)CC1. The number of urea groups is 3. The maximum Gasteiger partial charge on any atom is 0.322 e. The average Bonchev–Trinajstić information content (AvgIpc) is 1.50. The molecule has 3 saturated heterocycles. The molecule has 3 aliphatic rings. The summed E-state index contributed by atoms with van der Waals surface area (Å²) in [4.78, 5) is 52.9. The van der Waals surface area contributed by atoms with E-state index in [1.54, 1.807) is 49.5 Å². The van der Waals surface area contributed by atoms with Crippen LogP contribution in [0.1, 0.15) is 128 Å². The zero-order valence-electron chi connectivity index (χ0n) is 54.8. The van der Waals surface area contributed by atoms with E-state index >= 15 is 0 Å². The summed E-state index contributed by atoms with van der Waals surface area (Å²) in [5.74, 6) is -3.02. The predicted octanol–water partition coefficient (Wildman–Crippen LogP) is 17.5. The summed E-state index contributed by atoms with van der Waals surface area (Å²) in [6, 6.07) is 43.1. The fraction of sp³-hybridized carbons (Fsp3) is 0.466. The van der Waals surface area contributed by atoms with E-state index in [4.69, 9.17) is 32.7 Å². The molecule has 2 unspecified atom stereocenters. The van der Waals surface area contributed by atoms with Crippen LogP contribution in [0.3, 0.4) is 0 Å². The van der Waals surface area contributed by atoms with Crippen LogP contribution in [0.5, 0.6) is 11.5 Å². The van der Waals surface area contributed by atoms with Crippen molar-refractivity contribution in [1.82, 2.24) is 29.4 Å². The van der Waals surface area contributed by atoms with Crippen molar-refractivity contribution >= 4 is 58.4 Å². The molecule has 498 valence electrons. The van der Waals surface area contributed by atoms with Crippen molar-refractivity contribution in [3.8, 4) is 11.5 Å². The summed E-state index contributed by atoms with van der Waals surface area (Å²) in [6.07, 6.45) is 12.7. The molecule has 3 aliphatic heterocycles. The number of likely N-dealkylation sites (tertiary alicyclic amines) is 3.